The van der Waals surface area contributed by atoms with Gasteiger partial charge in [-0.2, -0.15) is 0 Å². The van der Waals surface area contributed by atoms with Crippen molar-refractivity contribution in [1.29, 1.82) is 0 Å². The lowest BCUT2D eigenvalue weighted by atomic mass is 9.85. The molecule has 0 heterocycles. The SMILES string of the molecule is CC(C)(C)c1ccc2c(c1)C(N)CC2. The van der Waals surface area contributed by atoms with Crippen molar-refractivity contribution in [2.75, 3.05) is 0 Å². The molecule has 1 aliphatic rings. The summed E-state index contributed by atoms with van der Waals surface area (Å²) >= 11 is 0. The maximum atomic E-state index is 6.06. The van der Waals surface area contributed by atoms with Gasteiger partial charge in [-0.05, 0) is 34.9 Å². The summed E-state index contributed by atoms with van der Waals surface area (Å²) in [4.78, 5) is 0. The molecule has 0 amide bonds. The zero-order valence-corrected chi connectivity index (χ0v) is 9.30. The molecule has 1 aromatic carbocycles. The van der Waals surface area contributed by atoms with Gasteiger partial charge < -0.3 is 5.73 Å². The molecule has 1 heteroatoms. The molecule has 76 valence electrons. The van der Waals surface area contributed by atoms with Crippen molar-refractivity contribution in [3.63, 3.8) is 0 Å². The van der Waals surface area contributed by atoms with Crippen LogP contribution in [0.1, 0.15) is 49.9 Å². The summed E-state index contributed by atoms with van der Waals surface area (Å²) in [5.41, 5.74) is 10.5. The first kappa shape index (κ1) is 9.72. The smallest absolute Gasteiger partial charge is 0.0300 e. The van der Waals surface area contributed by atoms with E-state index in [9.17, 15) is 0 Å². The molecule has 2 N–H and O–H groups in total. The molecule has 0 saturated heterocycles. The first-order valence-electron chi connectivity index (χ1n) is 5.37. The molecule has 0 aliphatic heterocycles. The molecular formula is C13H19N. The molecule has 0 radical (unpaired) electrons. The molecule has 0 bridgehead atoms. The second-order valence-electron chi connectivity index (χ2n) is 5.31. The summed E-state index contributed by atoms with van der Waals surface area (Å²) in [6.45, 7) is 6.74. The van der Waals surface area contributed by atoms with Crippen molar-refractivity contribution in [1.82, 2.24) is 0 Å². The lowest BCUT2D eigenvalue weighted by molar-refractivity contribution is 0.588. The van der Waals surface area contributed by atoms with Crippen LogP contribution in [-0.4, -0.2) is 0 Å². The summed E-state index contributed by atoms with van der Waals surface area (Å²) in [7, 11) is 0. The molecule has 2 rings (SSSR count). The Morgan fingerprint density at radius 3 is 2.64 bits per heavy atom. The third kappa shape index (κ3) is 1.57. The Hall–Kier alpha value is -0.820. The van der Waals surface area contributed by atoms with Gasteiger partial charge in [-0.15, -0.1) is 0 Å². The van der Waals surface area contributed by atoms with Crippen LogP contribution in [0.5, 0.6) is 0 Å². The van der Waals surface area contributed by atoms with E-state index in [0.29, 0.717) is 0 Å². The number of rotatable bonds is 0. The molecule has 0 spiro atoms. The summed E-state index contributed by atoms with van der Waals surface area (Å²) in [6.07, 6.45) is 2.27. The van der Waals surface area contributed by atoms with Crippen molar-refractivity contribution in [3.05, 3.63) is 34.9 Å². The van der Waals surface area contributed by atoms with Gasteiger partial charge in [0.05, 0.1) is 0 Å². The first-order valence-corrected chi connectivity index (χ1v) is 5.37. The van der Waals surface area contributed by atoms with Crippen molar-refractivity contribution in [2.45, 2.75) is 45.1 Å². The minimum Gasteiger partial charge on any atom is -0.324 e. The predicted molar refractivity (Wildman–Crippen MR) is 60.4 cm³/mol. The van der Waals surface area contributed by atoms with Gasteiger partial charge in [0, 0.05) is 6.04 Å². The number of benzene rings is 1. The van der Waals surface area contributed by atoms with Crippen molar-refractivity contribution < 1.29 is 0 Å². The van der Waals surface area contributed by atoms with Gasteiger partial charge in [0.1, 0.15) is 0 Å². The minimum absolute atomic E-state index is 0.233. The average Bonchev–Trinajstić information content (AvgIpc) is 2.46. The van der Waals surface area contributed by atoms with E-state index in [1.807, 2.05) is 0 Å². The number of fused-ring (bicyclic) bond motifs is 1. The fraction of sp³-hybridized carbons (Fsp3) is 0.538. The Bertz CT molecular complexity index is 347. The van der Waals surface area contributed by atoms with E-state index in [0.717, 1.165) is 12.8 Å². The Morgan fingerprint density at radius 2 is 2.00 bits per heavy atom. The highest BCUT2D eigenvalue weighted by Crippen LogP contribution is 2.33. The van der Waals surface area contributed by atoms with Gasteiger partial charge in [-0.3, -0.25) is 0 Å². The standard InChI is InChI=1S/C13H19N/c1-13(2,3)10-6-4-9-5-7-12(14)11(9)8-10/h4,6,8,12H,5,7,14H2,1-3H3. The van der Waals surface area contributed by atoms with Gasteiger partial charge in [-0.25, -0.2) is 0 Å². The van der Waals surface area contributed by atoms with Gasteiger partial charge >= 0.3 is 0 Å². The molecule has 0 fully saturated rings. The predicted octanol–water partition coefficient (Wildman–Crippen LogP) is 2.93. The van der Waals surface area contributed by atoms with Crippen LogP contribution in [0.2, 0.25) is 0 Å². The van der Waals surface area contributed by atoms with Crippen LogP contribution < -0.4 is 5.73 Å². The van der Waals surface area contributed by atoms with Crippen LogP contribution in [-0.2, 0) is 11.8 Å². The van der Waals surface area contributed by atoms with Crippen molar-refractivity contribution in [3.8, 4) is 0 Å². The third-order valence-corrected chi connectivity index (χ3v) is 3.14. The molecule has 0 aromatic heterocycles. The Labute approximate surface area is 86.3 Å². The second-order valence-corrected chi connectivity index (χ2v) is 5.31. The Morgan fingerprint density at radius 1 is 1.29 bits per heavy atom. The van der Waals surface area contributed by atoms with Gasteiger partial charge in [-0.1, -0.05) is 39.0 Å². The number of hydrogen-bond donors (Lipinski definition) is 1. The third-order valence-electron chi connectivity index (χ3n) is 3.14. The van der Waals surface area contributed by atoms with Crippen LogP contribution >= 0.6 is 0 Å². The molecule has 1 aliphatic carbocycles. The normalized spacial score (nSPS) is 21.0. The lowest BCUT2D eigenvalue weighted by Gasteiger charge is -2.20. The first-order chi connectivity index (χ1) is 6.48. The average molecular weight is 189 g/mol. The Balaban J connectivity index is 2.45. The highest BCUT2D eigenvalue weighted by molar-refractivity contribution is 5.39. The minimum atomic E-state index is 0.233. The van der Waals surface area contributed by atoms with Gasteiger partial charge in [0.15, 0.2) is 0 Å². The van der Waals surface area contributed by atoms with Crippen molar-refractivity contribution in [2.24, 2.45) is 5.73 Å². The molecule has 1 unspecified atom stereocenters. The molecule has 1 aromatic rings. The van der Waals surface area contributed by atoms with E-state index in [1.165, 1.54) is 16.7 Å². The van der Waals surface area contributed by atoms with Crippen LogP contribution in [0.25, 0.3) is 0 Å². The van der Waals surface area contributed by atoms with E-state index in [1.54, 1.807) is 0 Å². The van der Waals surface area contributed by atoms with Crippen LogP contribution in [0.3, 0.4) is 0 Å². The fourth-order valence-corrected chi connectivity index (χ4v) is 2.10. The molecular weight excluding hydrogens is 170 g/mol. The summed E-state index contributed by atoms with van der Waals surface area (Å²) in [5, 5.41) is 0. The zero-order valence-electron chi connectivity index (χ0n) is 9.30. The number of aryl methyl sites for hydroxylation is 1. The van der Waals surface area contributed by atoms with E-state index >= 15 is 0 Å². The monoisotopic (exact) mass is 189 g/mol. The van der Waals surface area contributed by atoms with E-state index in [-0.39, 0.29) is 11.5 Å². The highest BCUT2D eigenvalue weighted by atomic mass is 14.6. The molecule has 1 atom stereocenters. The van der Waals surface area contributed by atoms with Gasteiger partial charge in [0.2, 0.25) is 0 Å². The fourth-order valence-electron chi connectivity index (χ4n) is 2.10. The van der Waals surface area contributed by atoms with E-state index in [2.05, 4.69) is 39.0 Å². The van der Waals surface area contributed by atoms with E-state index < -0.39 is 0 Å². The molecule has 1 nitrogen and oxygen atoms in total. The maximum absolute atomic E-state index is 6.06. The Kier molecular flexibility index (Phi) is 2.15. The number of hydrogen-bond acceptors (Lipinski definition) is 1. The van der Waals surface area contributed by atoms with Crippen LogP contribution in [0, 0.1) is 0 Å². The molecule has 0 saturated carbocycles. The second kappa shape index (κ2) is 3.09. The quantitative estimate of drug-likeness (QED) is 0.667. The van der Waals surface area contributed by atoms with Crippen LogP contribution in [0.4, 0.5) is 0 Å². The number of nitrogens with two attached hydrogens (primary N) is 1. The summed E-state index contributed by atoms with van der Waals surface area (Å²) < 4.78 is 0. The summed E-state index contributed by atoms with van der Waals surface area (Å²) in [6, 6.07) is 7.07. The largest absolute Gasteiger partial charge is 0.324 e. The summed E-state index contributed by atoms with van der Waals surface area (Å²) in [5.74, 6) is 0. The molecule has 14 heavy (non-hydrogen) atoms. The van der Waals surface area contributed by atoms with Crippen LogP contribution in [0.15, 0.2) is 18.2 Å². The maximum Gasteiger partial charge on any atom is 0.0300 e. The zero-order chi connectivity index (χ0) is 10.3. The topological polar surface area (TPSA) is 26.0 Å². The highest BCUT2D eigenvalue weighted by Gasteiger charge is 2.22. The van der Waals surface area contributed by atoms with E-state index in [4.69, 9.17) is 5.73 Å². The van der Waals surface area contributed by atoms with Gasteiger partial charge in [0.25, 0.3) is 0 Å². The van der Waals surface area contributed by atoms with Crippen molar-refractivity contribution >= 4 is 0 Å². The lowest BCUT2D eigenvalue weighted by Crippen LogP contribution is -2.13.